The van der Waals surface area contributed by atoms with Gasteiger partial charge in [-0.1, -0.05) is 30.3 Å². The highest BCUT2D eigenvalue weighted by atomic mass is 32.2. The topological polar surface area (TPSA) is 71.8 Å². The SMILES string of the molecule is COc1ccc(S(=O)(=O)N(Cc2ccccc2)C2CCNCC2)c(Cc2ccco2)c1. The first-order valence-corrected chi connectivity index (χ1v) is 12.0. The summed E-state index contributed by atoms with van der Waals surface area (Å²) >= 11 is 0. The van der Waals surface area contributed by atoms with Gasteiger partial charge in [0, 0.05) is 19.0 Å². The highest BCUT2D eigenvalue weighted by molar-refractivity contribution is 7.89. The summed E-state index contributed by atoms with van der Waals surface area (Å²) in [4.78, 5) is 0.305. The van der Waals surface area contributed by atoms with Crippen LogP contribution in [0.4, 0.5) is 0 Å². The molecule has 0 bridgehead atoms. The minimum absolute atomic E-state index is 0.0509. The Labute approximate surface area is 183 Å². The number of hydrogen-bond donors (Lipinski definition) is 1. The molecule has 0 amide bonds. The molecule has 0 atom stereocenters. The second kappa shape index (κ2) is 9.68. The molecule has 0 unspecified atom stereocenters. The predicted octanol–water partition coefficient (Wildman–Crippen LogP) is 3.82. The minimum atomic E-state index is -3.75. The van der Waals surface area contributed by atoms with E-state index in [1.807, 2.05) is 36.4 Å². The van der Waals surface area contributed by atoms with Gasteiger partial charge in [-0.15, -0.1) is 0 Å². The van der Waals surface area contributed by atoms with Gasteiger partial charge in [-0.25, -0.2) is 8.42 Å². The van der Waals surface area contributed by atoms with Crippen molar-refractivity contribution in [3.63, 3.8) is 0 Å². The number of furan rings is 1. The number of nitrogens with zero attached hydrogens (tertiary/aromatic N) is 1. The van der Waals surface area contributed by atoms with E-state index in [0.717, 1.165) is 31.5 Å². The van der Waals surface area contributed by atoms with Crippen LogP contribution in [0, 0.1) is 0 Å². The van der Waals surface area contributed by atoms with Gasteiger partial charge in [0.2, 0.25) is 10.0 Å². The third kappa shape index (κ3) is 5.01. The van der Waals surface area contributed by atoms with Crippen LogP contribution in [0.5, 0.6) is 5.75 Å². The molecule has 7 heteroatoms. The van der Waals surface area contributed by atoms with Crippen molar-refractivity contribution < 1.29 is 17.6 Å². The third-order valence-corrected chi connectivity index (χ3v) is 7.70. The first-order chi connectivity index (χ1) is 15.1. The molecule has 2 heterocycles. The van der Waals surface area contributed by atoms with Crippen molar-refractivity contribution in [2.45, 2.75) is 36.7 Å². The molecule has 1 fully saturated rings. The van der Waals surface area contributed by atoms with Crippen molar-refractivity contribution in [1.82, 2.24) is 9.62 Å². The van der Waals surface area contributed by atoms with E-state index < -0.39 is 10.0 Å². The van der Waals surface area contributed by atoms with Gasteiger partial charge in [-0.2, -0.15) is 4.31 Å². The van der Waals surface area contributed by atoms with Gasteiger partial charge >= 0.3 is 0 Å². The number of rotatable bonds is 8. The zero-order chi connectivity index (χ0) is 21.7. The fourth-order valence-corrected chi connectivity index (χ4v) is 5.95. The molecule has 6 nitrogen and oxygen atoms in total. The van der Waals surface area contributed by atoms with Crippen molar-refractivity contribution in [1.29, 1.82) is 0 Å². The molecule has 0 spiro atoms. The summed E-state index contributed by atoms with van der Waals surface area (Å²) in [6.07, 6.45) is 3.55. The van der Waals surface area contributed by atoms with E-state index in [1.165, 1.54) is 0 Å². The molecular weight excluding hydrogens is 412 g/mol. The zero-order valence-corrected chi connectivity index (χ0v) is 18.5. The van der Waals surface area contributed by atoms with Gasteiger partial charge in [0.05, 0.1) is 18.3 Å². The monoisotopic (exact) mass is 440 g/mol. The number of sulfonamides is 1. The van der Waals surface area contributed by atoms with Gasteiger partial charge in [-0.3, -0.25) is 0 Å². The van der Waals surface area contributed by atoms with E-state index in [9.17, 15) is 8.42 Å². The molecule has 0 radical (unpaired) electrons. The lowest BCUT2D eigenvalue weighted by Gasteiger charge is -2.34. The van der Waals surface area contributed by atoms with E-state index in [1.54, 1.807) is 41.9 Å². The Kier molecular flexibility index (Phi) is 6.75. The van der Waals surface area contributed by atoms with E-state index in [-0.39, 0.29) is 6.04 Å². The van der Waals surface area contributed by atoms with Gasteiger partial charge in [-0.05, 0) is 67.4 Å². The number of piperidine rings is 1. The van der Waals surface area contributed by atoms with Crippen LogP contribution in [-0.4, -0.2) is 39.0 Å². The van der Waals surface area contributed by atoms with Crippen LogP contribution in [0.15, 0.2) is 76.2 Å². The Morgan fingerprint density at radius 2 is 1.84 bits per heavy atom. The van der Waals surface area contributed by atoms with Crippen LogP contribution in [0.2, 0.25) is 0 Å². The predicted molar refractivity (Wildman–Crippen MR) is 120 cm³/mol. The Bertz CT molecular complexity index is 1080. The first-order valence-electron chi connectivity index (χ1n) is 10.5. The van der Waals surface area contributed by atoms with Crippen LogP contribution >= 0.6 is 0 Å². The second-order valence-electron chi connectivity index (χ2n) is 7.75. The molecule has 1 saturated heterocycles. The standard InChI is InChI=1S/C24H28N2O4S/c1-29-22-9-10-24(20(16-22)17-23-8-5-15-30-23)31(27,28)26(21-11-13-25-14-12-21)18-19-6-3-2-4-7-19/h2-10,15-16,21,25H,11-14,17-18H2,1H3. The molecule has 2 aromatic carbocycles. The summed E-state index contributed by atoms with van der Waals surface area (Å²) in [6, 6.07) is 18.5. The Morgan fingerprint density at radius 1 is 1.06 bits per heavy atom. The summed E-state index contributed by atoms with van der Waals surface area (Å²) in [5.41, 5.74) is 1.65. The van der Waals surface area contributed by atoms with E-state index in [4.69, 9.17) is 9.15 Å². The largest absolute Gasteiger partial charge is 0.497 e. The molecule has 1 N–H and O–H groups in total. The fourth-order valence-electron chi connectivity index (χ4n) is 4.07. The van der Waals surface area contributed by atoms with E-state index in [0.29, 0.717) is 34.9 Å². The number of ether oxygens (including phenoxy) is 1. The molecule has 0 saturated carbocycles. The summed E-state index contributed by atoms with van der Waals surface area (Å²) in [5, 5.41) is 3.33. The third-order valence-electron chi connectivity index (χ3n) is 5.70. The fraction of sp³-hybridized carbons (Fsp3) is 0.333. The summed E-state index contributed by atoms with van der Waals surface area (Å²) in [6.45, 7) is 1.97. The Hall–Kier alpha value is -2.61. The highest BCUT2D eigenvalue weighted by Crippen LogP contribution is 2.30. The van der Waals surface area contributed by atoms with Crippen molar-refractivity contribution in [2.75, 3.05) is 20.2 Å². The van der Waals surface area contributed by atoms with Crippen molar-refractivity contribution in [3.8, 4) is 5.75 Å². The molecule has 4 rings (SSSR count). The normalized spacial score (nSPS) is 15.3. The lowest BCUT2D eigenvalue weighted by Crippen LogP contribution is -2.45. The Morgan fingerprint density at radius 3 is 2.52 bits per heavy atom. The lowest BCUT2D eigenvalue weighted by molar-refractivity contribution is 0.256. The number of methoxy groups -OCH3 is 1. The molecule has 164 valence electrons. The average Bonchev–Trinajstić information content (AvgIpc) is 3.31. The maximum Gasteiger partial charge on any atom is 0.243 e. The highest BCUT2D eigenvalue weighted by Gasteiger charge is 2.34. The van der Waals surface area contributed by atoms with Crippen LogP contribution in [0.1, 0.15) is 29.7 Å². The van der Waals surface area contributed by atoms with Gasteiger partial charge in [0.1, 0.15) is 11.5 Å². The van der Waals surface area contributed by atoms with Crippen LogP contribution < -0.4 is 10.1 Å². The van der Waals surface area contributed by atoms with E-state index in [2.05, 4.69) is 5.32 Å². The van der Waals surface area contributed by atoms with Crippen LogP contribution in [0.25, 0.3) is 0 Å². The second-order valence-corrected chi connectivity index (χ2v) is 9.61. The number of hydrogen-bond acceptors (Lipinski definition) is 5. The molecule has 3 aromatic rings. The lowest BCUT2D eigenvalue weighted by atomic mass is 10.1. The average molecular weight is 441 g/mol. The van der Waals surface area contributed by atoms with Gasteiger partial charge < -0.3 is 14.5 Å². The summed E-state index contributed by atoms with van der Waals surface area (Å²) in [5.74, 6) is 1.33. The van der Waals surface area contributed by atoms with Crippen molar-refractivity contribution >= 4 is 10.0 Å². The Balaban J connectivity index is 1.75. The minimum Gasteiger partial charge on any atom is -0.497 e. The number of nitrogens with one attached hydrogen (secondary N) is 1. The van der Waals surface area contributed by atoms with Gasteiger partial charge in [0.15, 0.2) is 0 Å². The van der Waals surface area contributed by atoms with Crippen molar-refractivity contribution in [2.24, 2.45) is 0 Å². The van der Waals surface area contributed by atoms with Crippen molar-refractivity contribution in [3.05, 3.63) is 83.8 Å². The molecule has 1 aliphatic heterocycles. The molecule has 1 aliphatic rings. The summed E-state index contributed by atoms with van der Waals surface area (Å²) in [7, 11) is -2.17. The molecule has 1 aromatic heterocycles. The zero-order valence-electron chi connectivity index (χ0n) is 17.7. The van der Waals surface area contributed by atoms with Crippen LogP contribution in [0.3, 0.4) is 0 Å². The van der Waals surface area contributed by atoms with Crippen LogP contribution in [-0.2, 0) is 23.0 Å². The molecular formula is C24H28N2O4S. The molecule has 0 aliphatic carbocycles. The first kappa shape index (κ1) is 21.6. The quantitative estimate of drug-likeness (QED) is 0.577. The maximum atomic E-state index is 14.0. The van der Waals surface area contributed by atoms with Gasteiger partial charge in [0.25, 0.3) is 0 Å². The van der Waals surface area contributed by atoms with E-state index >= 15 is 0 Å². The maximum absolute atomic E-state index is 14.0. The molecule has 31 heavy (non-hydrogen) atoms. The smallest absolute Gasteiger partial charge is 0.243 e. The number of benzene rings is 2. The summed E-state index contributed by atoms with van der Waals surface area (Å²) < 4.78 is 40.6.